The summed E-state index contributed by atoms with van der Waals surface area (Å²) >= 11 is 1.48. The minimum atomic E-state index is -3.52. The lowest BCUT2D eigenvalue weighted by atomic mass is 10.1. The Morgan fingerprint density at radius 2 is 1.66 bits per heavy atom. The van der Waals surface area contributed by atoms with Crippen LogP contribution in [-0.2, 0) is 10.0 Å². The fourth-order valence-electron chi connectivity index (χ4n) is 3.29. The number of methoxy groups -OCH3 is 2. The fourth-order valence-corrected chi connectivity index (χ4v) is 5.62. The molecule has 0 spiro atoms. The van der Waals surface area contributed by atoms with Crippen molar-refractivity contribution in [3.8, 4) is 16.7 Å². The summed E-state index contributed by atoms with van der Waals surface area (Å²) in [4.78, 5) is 4.80. The number of rotatable bonds is 6. The Hall–Kier alpha value is -2.36. The lowest BCUT2D eigenvalue weighted by molar-refractivity contribution is 0.135. The molecule has 9 heteroatoms. The van der Waals surface area contributed by atoms with E-state index in [1.54, 1.807) is 38.5 Å². The van der Waals surface area contributed by atoms with Crippen LogP contribution in [0.1, 0.15) is 12.8 Å². The maximum atomic E-state index is 12.9. The van der Waals surface area contributed by atoms with Crippen molar-refractivity contribution in [1.82, 2.24) is 9.29 Å². The highest BCUT2D eigenvalue weighted by atomic mass is 32.2. The first kappa shape index (κ1) is 19.9. The Kier molecular flexibility index (Phi) is 5.62. The molecule has 3 aromatic rings. The average Bonchev–Trinajstić information content (AvgIpc) is 3.15. The third kappa shape index (κ3) is 4.17. The Balaban J connectivity index is 1.40. The van der Waals surface area contributed by atoms with Crippen LogP contribution < -0.4 is 14.2 Å². The molecule has 1 aliphatic heterocycles. The van der Waals surface area contributed by atoms with Gasteiger partial charge in [-0.2, -0.15) is 4.31 Å². The number of thiazole rings is 1. The predicted molar refractivity (Wildman–Crippen MR) is 112 cm³/mol. The lowest BCUT2D eigenvalue weighted by Crippen LogP contribution is -2.41. The quantitative estimate of drug-likeness (QED) is 0.591. The standard InChI is InChI=1S/C20H22N2O5S2/c1-25-14-3-6-17(7-4-14)29(23,24)22-11-9-15(10-12-22)27-20-21-18-13-16(26-2)5-8-19(18)28-20/h3-8,13,15H,9-12H2,1-2H3. The minimum absolute atomic E-state index is 0.0558. The molecular formula is C20H22N2O5S2. The monoisotopic (exact) mass is 434 g/mol. The van der Waals surface area contributed by atoms with Gasteiger partial charge in [0, 0.05) is 19.2 Å². The number of ether oxygens (including phenoxy) is 3. The van der Waals surface area contributed by atoms with Gasteiger partial charge in [0.1, 0.15) is 17.6 Å². The van der Waals surface area contributed by atoms with Crippen LogP contribution in [0.2, 0.25) is 0 Å². The second-order valence-corrected chi connectivity index (χ2v) is 9.64. The van der Waals surface area contributed by atoms with Gasteiger partial charge < -0.3 is 14.2 Å². The zero-order valence-corrected chi connectivity index (χ0v) is 17.8. The molecule has 29 heavy (non-hydrogen) atoms. The molecule has 1 aromatic heterocycles. The average molecular weight is 435 g/mol. The van der Waals surface area contributed by atoms with Crippen molar-refractivity contribution in [2.45, 2.75) is 23.8 Å². The maximum Gasteiger partial charge on any atom is 0.274 e. The molecule has 0 radical (unpaired) electrons. The molecule has 1 aliphatic rings. The zero-order valence-electron chi connectivity index (χ0n) is 16.2. The van der Waals surface area contributed by atoms with E-state index in [0.717, 1.165) is 16.0 Å². The van der Waals surface area contributed by atoms with E-state index < -0.39 is 10.0 Å². The first-order chi connectivity index (χ1) is 14.0. The van der Waals surface area contributed by atoms with E-state index in [0.29, 0.717) is 36.9 Å². The number of benzene rings is 2. The molecule has 154 valence electrons. The van der Waals surface area contributed by atoms with Gasteiger partial charge >= 0.3 is 0 Å². The number of nitrogens with zero attached hydrogens (tertiary/aromatic N) is 2. The summed E-state index contributed by atoms with van der Waals surface area (Å²) < 4.78 is 44.6. The van der Waals surface area contributed by atoms with Gasteiger partial charge in [-0.15, -0.1) is 0 Å². The van der Waals surface area contributed by atoms with Crippen LogP contribution in [0.25, 0.3) is 10.2 Å². The summed E-state index contributed by atoms with van der Waals surface area (Å²) in [6, 6.07) is 12.2. The molecule has 0 bridgehead atoms. The number of aromatic nitrogens is 1. The topological polar surface area (TPSA) is 78.0 Å². The number of sulfonamides is 1. The number of hydrogen-bond donors (Lipinski definition) is 0. The van der Waals surface area contributed by atoms with E-state index >= 15 is 0 Å². The van der Waals surface area contributed by atoms with E-state index in [9.17, 15) is 8.42 Å². The predicted octanol–water partition coefficient (Wildman–Crippen LogP) is 3.55. The molecule has 0 atom stereocenters. The maximum absolute atomic E-state index is 12.9. The minimum Gasteiger partial charge on any atom is -0.497 e. The summed E-state index contributed by atoms with van der Waals surface area (Å²) in [6.07, 6.45) is 1.18. The summed E-state index contributed by atoms with van der Waals surface area (Å²) in [7, 11) is -0.341. The summed E-state index contributed by atoms with van der Waals surface area (Å²) in [6.45, 7) is 0.829. The Bertz CT molecular complexity index is 1090. The Morgan fingerprint density at radius 1 is 1.00 bits per heavy atom. The van der Waals surface area contributed by atoms with Gasteiger partial charge in [0.25, 0.3) is 5.19 Å². The highest BCUT2D eigenvalue weighted by Gasteiger charge is 2.30. The Labute approximate surface area is 173 Å². The summed E-state index contributed by atoms with van der Waals surface area (Å²) in [5.41, 5.74) is 0.837. The van der Waals surface area contributed by atoms with E-state index in [4.69, 9.17) is 14.2 Å². The fraction of sp³-hybridized carbons (Fsp3) is 0.350. The van der Waals surface area contributed by atoms with Crippen LogP contribution in [0.3, 0.4) is 0 Å². The second kappa shape index (κ2) is 8.17. The zero-order chi connectivity index (χ0) is 20.4. The van der Waals surface area contributed by atoms with Gasteiger partial charge in [0.2, 0.25) is 10.0 Å². The first-order valence-electron chi connectivity index (χ1n) is 9.25. The number of piperidine rings is 1. The molecule has 0 unspecified atom stereocenters. The third-order valence-electron chi connectivity index (χ3n) is 4.94. The molecule has 2 heterocycles. The first-order valence-corrected chi connectivity index (χ1v) is 11.5. The molecule has 7 nitrogen and oxygen atoms in total. The van der Waals surface area contributed by atoms with Crippen molar-refractivity contribution in [3.05, 3.63) is 42.5 Å². The lowest BCUT2D eigenvalue weighted by Gasteiger charge is -2.30. The third-order valence-corrected chi connectivity index (χ3v) is 7.78. The Morgan fingerprint density at radius 3 is 2.31 bits per heavy atom. The highest BCUT2D eigenvalue weighted by molar-refractivity contribution is 7.89. The van der Waals surface area contributed by atoms with Crippen molar-refractivity contribution >= 4 is 31.6 Å². The van der Waals surface area contributed by atoms with Crippen LogP contribution in [0.5, 0.6) is 16.7 Å². The van der Waals surface area contributed by atoms with Gasteiger partial charge in [-0.1, -0.05) is 11.3 Å². The van der Waals surface area contributed by atoms with E-state index in [-0.39, 0.29) is 11.0 Å². The second-order valence-electron chi connectivity index (χ2n) is 6.71. The molecule has 2 aromatic carbocycles. The summed E-state index contributed by atoms with van der Waals surface area (Å²) in [5, 5.41) is 0.602. The van der Waals surface area contributed by atoms with Gasteiger partial charge in [-0.25, -0.2) is 13.4 Å². The van der Waals surface area contributed by atoms with Crippen LogP contribution in [0, 0.1) is 0 Å². The van der Waals surface area contributed by atoms with Crippen LogP contribution in [-0.4, -0.2) is 51.1 Å². The van der Waals surface area contributed by atoms with E-state index in [1.165, 1.54) is 15.6 Å². The van der Waals surface area contributed by atoms with Crippen molar-refractivity contribution < 1.29 is 22.6 Å². The van der Waals surface area contributed by atoms with E-state index in [1.807, 2.05) is 18.2 Å². The molecule has 1 fully saturated rings. The van der Waals surface area contributed by atoms with Gasteiger partial charge in [-0.05, 0) is 49.2 Å². The molecular weight excluding hydrogens is 412 g/mol. The molecule has 0 N–H and O–H groups in total. The van der Waals surface area contributed by atoms with Crippen molar-refractivity contribution in [2.75, 3.05) is 27.3 Å². The van der Waals surface area contributed by atoms with Crippen molar-refractivity contribution in [2.24, 2.45) is 0 Å². The highest BCUT2D eigenvalue weighted by Crippen LogP contribution is 2.32. The molecule has 1 saturated heterocycles. The number of fused-ring (bicyclic) bond motifs is 1. The smallest absolute Gasteiger partial charge is 0.274 e. The van der Waals surface area contributed by atoms with Crippen LogP contribution >= 0.6 is 11.3 Å². The van der Waals surface area contributed by atoms with Crippen molar-refractivity contribution in [3.63, 3.8) is 0 Å². The molecule has 0 amide bonds. The van der Waals surface area contributed by atoms with Crippen LogP contribution in [0.15, 0.2) is 47.4 Å². The van der Waals surface area contributed by atoms with Gasteiger partial charge in [0.15, 0.2) is 0 Å². The van der Waals surface area contributed by atoms with Crippen LogP contribution in [0.4, 0.5) is 0 Å². The molecule has 0 aliphatic carbocycles. The number of hydrogen-bond acceptors (Lipinski definition) is 7. The largest absolute Gasteiger partial charge is 0.497 e. The normalized spacial score (nSPS) is 16.1. The summed E-state index contributed by atoms with van der Waals surface area (Å²) in [5.74, 6) is 1.39. The van der Waals surface area contributed by atoms with Crippen molar-refractivity contribution in [1.29, 1.82) is 0 Å². The SMILES string of the molecule is COc1ccc(S(=O)(=O)N2CCC(Oc3nc4cc(OC)ccc4s3)CC2)cc1. The van der Waals surface area contributed by atoms with Gasteiger partial charge in [0.05, 0.1) is 29.3 Å². The van der Waals surface area contributed by atoms with E-state index in [2.05, 4.69) is 4.98 Å². The molecule has 0 saturated carbocycles. The van der Waals surface area contributed by atoms with Gasteiger partial charge in [-0.3, -0.25) is 0 Å². The molecule has 4 rings (SSSR count).